The summed E-state index contributed by atoms with van der Waals surface area (Å²) in [6.45, 7) is 6.66. The number of aromatic nitrogens is 1. The Hall–Kier alpha value is -2.15. The van der Waals surface area contributed by atoms with E-state index in [1.165, 1.54) is 4.88 Å². The van der Waals surface area contributed by atoms with Gasteiger partial charge in [-0.25, -0.2) is 4.79 Å². The van der Waals surface area contributed by atoms with Crippen LogP contribution in [-0.4, -0.2) is 48.2 Å². The van der Waals surface area contributed by atoms with Crippen molar-refractivity contribution in [3.63, 3.8) is 0 Å². The number of fused-ring (bicyclic) bond motifs is 1. The van der Waals surface area contributed by atoms with Crippen LogP contribution in [0.2, 0.25) is 0 Å². The summed E-state index contributed by atoms with van der Waals surface area (Å²) in [5.41, 5.74) is 2.53. The number of morpholine rings is 1. The molecule has 3 aromatic heterocycles. The molecule has 0 aliphatic carbocycles. The summed E-state index contributed by atoms with van der Waals surface area (Å²) in [4.78, 5) is 17.3. The van der Waals surface area contributed by atoms with Crippen LogP contribution in [0, 0.1) is 0 Å². The molecule has 1 aliphatic rings. The molecule has 0 amide bonds. The summed E-state index contributed by atoms with van der Waals surface area (Å²) < 4.78 is 12.8. The molecule has 0 aromatic carbocycles. The maximum atomic E-state index is 12.5. The fourth-order valence-corrected chi connectivity index (χ4v) is 4.42. The van der Waals surface area contributed by atoms with Crippen LogP contribution >= 0.6 is 11.3 Å². The molecule has 0 spiro atoms. The van der Waals surface area contributed by atoms with Crippen molar-refractivity contribution in [2.24, 2.45) is 0 Å². The number of hydrogen-bond donors (Lipinski definition) is 0. The molecular weight excluding hydrogens is 348 g/mol. The van der Waals surface area contributed by atoms with Crippen molar-refractivity contribution < 1.29 is 14.3 Å². The zero-order chi connectivity index (χ0) is 17.9. The molecule has 0 saturated carbocycles. The van der Waals surface area contributed by atoms with Crippen molar-refractivity contribution in [2.75, 3.05) is 32.9 Å². The minimum Gasteiger partial charge on any atom is -0.462 e. The van der Waals surface area contributed by atoms with Gasteiger partial charge in [-0.15, -0.1) is 11.3 Å². The molecule has 0 unspecified atom stereocenters. The molecule has 1 fully saturated rings. The van der Waals surface area contributed by atoms with Crippen LogP contribution < -0.4 is 0 Å². The van der Waals surface area contributed by atoms with E-state index in [1.54, 1.807) is 11.3 Å². The molecule has 6 heteroatoms. The Bertz CT molecular complexity index is 909. The van der Waals surface area contributed by atoms with Crippen LogP contribution in [0.15, 0.2) is 42.6 Å². The predicted octanol–water partition coefficient (Wildman–Crippen LogP) is 3.68. The molecule has 5 nitrogen and oxygen atoms in total. The van der Waals surface area contributed by atoms with E-state index in [9.17, 15) is 4.79 Å². The van der Waals surface area contributed by atoms with E-state index in [4.69, 9.17) is 9.47 Å². The number of carbonyl (C=O) groups excluding carboxylic acids is 1. The second-order valence-corrected chi connectivity index (χ2v) is 7.45. The van der Waals surface area contributed by atoms with Gasteiger partial charge < -0.3 is 13.9 Å². The second-order valence-electron chi connectivity index (χ2n) is 6.28. The number of pyridine rings is 1. The molecule has 4 rings (SSSR count). The standard InChI is InChI=1S/C20H22N2O3S/c1-2-25-20(23)17-13-15-5-3-4-8-22(15)19(17)18-7-6-16(26-18)14-21-9-11-24-12-10-21/h3-8,13H,2,9-12,14H2,1H3. The first-order valence-corrected chi connectivity index (χ1v) is 9.74. The zero-order valence-corrected chi connectivity index (χ0v) is 15.6. The SMILES string of the molecule is CCOC(=O)c1cc2ccccn2c1-c1ccc(CN2CCOCC2)s1. The van der Waals surface area contributed by atoms with E-state index >= 15 is 0 Å². The molecule has 0 radical (unpaired) electrons. The monoisotopic (exact) mass is 370 g/mol. The average molecular weight is 370 g/mol. The highest BCUT2D eigenvalue weighted by Crippen LogP contribution is 2.34. The lowest BCUT2D eigenvalue weighted by Crippen LogP contribution is -2.35. The smallest absolute Gasteiger partial charge is 0.340 e. The molecule has 4 heterocycles. The van der Waals surface area contributed by atoms with Gasteiger partial charge in [-0.2, -0.15) is 0 Å². The van der Waals surface area contributed by atoms with Gasteiger partial charge in [-0.1, -0.05) is 6.07 Å². The normalized spacial score (nSPS) is 15.4. The van der Waals surface area contributed by atoms with E-state index < -0.39 is 0 Å². The number of hydrogen-bond acceptors (Lipinski definition) is 5. The predicted molar refractivity (Wildman–Crippen MR) is 103 cm³/mol. The highest BCUT2D eigenvalue weighted by molar-refractivity contribution is 7.15. The third-order valence-corrected chi connectivity index (χ3v) is 5.63. The Balaban J connectivity index is 1.69. The molecule has 136 valence electrons. The second kappa shape index (κ2) is 7.61. The zero-order valence-electron chi connectivity index (χ0n) is 14.8. The number of esters is 1. The van der Waals surface area contributed by atoms with E-state index in [0.717, 1.165) is 48.9 Å². The van der Waals surface area contributed by atoms with E-state index in [0.29, 0.717) is 12.2 Å². The van der Waals surface area contributed by atoms with Gasteiger partial charge >= 0.3 is 5.97 Å². The van der Waals surface area contributed by atoms with Crippen molar-refractivity contribution in [3.8, 4) is 10.6 Å². The molecule has 26 heavy (non-hydrogen) atoms. The van der Waals surface area contributed by atoms with Gasteiger partial charge in [-0.05, 0) is 37.3 Å². The van der Waals surface area contributed by atoms with Gasteiger partial charge in [0, 0.05) is 36.2 Å². The van der Waals surface area contributed by atoms with Crippen LogP contribution in [0.4, 0.5) is 0 Å². The number of thiophene rings is 1. The molecule has 1 aliphatic heterocycles. The summed E-state index contributed by atoms with van der Waals surface area (Å²) in [6.07, 6.45) is 1.99. The largest absolute Gasteiger partial charge is 0.462 e. The quantitative estimate of drug-likeness (QED) is 0.643. The lowest BCUT2D eigenvalue weighted by atomic mass is 10.2. The molecule has 0 bridgehead atoms. The first-order chi connectivity index (χ1) is 12.8. The highest BCUT2D eigenvalue weighted by Gasteiger charge is 2.21. The van der Waals surface area contributed by atoms with Gasteiger partial charge in [0.2, 0.25) is 0 Å². The Labute approximate surface area is 156 Å². The minimum absolute atomic E-state index is 0.269. The maximum Gasteiger partial charge on any atom is 0.340 e. The van der Waals surface area contributed by atoms with Gasteiger partial charge in [0.25, 0.3) is 0 Å². The number of ether oxygens (including phenoxy) is 2. The first-order valence-electron chi connectivity index (χ1n) is 8.92. The highest BCUT2D eigenvalue weighted by atomic mass is 32.1. The van der Waals surface area contributed by atoms with Crippen LogP contribution in [0.1, 0.15) is 22.2 Å². The van der Waals surface area contributed by atoms with Crippen molar-refractivity contribution in [3.05, 3.63) is 53.0 Å². The lowest BCUT2D eigenvalue weighted by Gasteiger charge is -2.25. The van der Waals surface area contributed by atoms with Crippen molar-refractivity contribution in [2.45, 2.75) is 13.5 Å². The summed E-state index contributed by atoms with van der Waals surface area (Å²) in [5, 5.41) is 0. The van der Waals surface area contributed by atoms with Crippen LogP contribution in [0.25, 0.3) is 16.1 Å². The molecule has 0 N–H and O–H groups in total. The number of carbonyl (C=O) groups is 1. The topological polar surface area (TPSA) is 43.2 Å². The Morgan fingerprint density at radius 1 is 1.23 bits per heavy atom. The Kier molecular flexibility index (Phi) is 5.06. The number of rotatable bonds is 5. The van der Waals surface area contributed by atoms with Crippen LogP contribution in [-0.2, 0) is 16.0 Å². The molecule has 1 saturated heterocycles. The summed E-state index contributed by atoms with van der Waals surface area (Å²) in [7, 11) is 0. The Morgan fingerprint density at radius 2 is 2.08 bits per heavy atom. The van der Waals surface area contributed by atoms with Crippen LogP contribution in [0.5, 0.6) is 0 Å². The average Bonchev–Trinajstić information content (AvgIpc) is 3.27. The van der Waals surface area contributed by atoms with Gasteiger partial charge in [-0.3, -0.25) is 4.90 Å². The van der Waals surface area contributed by atoms with Gasteiger partial charge in [0.15, 0.2) is 0 Å². The Morgan fingerprint density at radius 3 is 2.88 bits per heavy atom. The van der Waals surface area contributed by atoms with Crippen molar-refractivity contribution in [1.29, 1.82) is 0 Å². The van der Waals surface area contributed by atoms with Gasteiger partial charge in [0.05, 0.1) is 36.0 Å². The molecule has 0 atom stereocenters. The first kappa shape index (κ1) is 17.3. The maximum absolute atomic E-state index is 12.5. The number of nitrogens with zero attached hydrogens (tertiary/aromatic N) is 2. The van der Waals surface area contributed by atoms with E-state index in [1.807, 2.05) is 37.4 Å². The van der Waals surface area contributed by atoms with E-state index in [2.05, 4.69) is 21.4 Å². The molecular formula is C20H22N2O3S. The fraction of sp³-hybridized carbons (Fsp3) is 0.350. The summed E-state index contributed by atoms with van der Waals surface area (Å²) >= 11 is 1.74. The third-order valence-electron chi connectivity index (χ3n) is 4.55. The summed E-state index contributed by atoms with van der Waals surface area (Å²) in [6, 6.07) is 12.1. The van der Waals surface area contributed by atoms with Crippen LogP contribution in [0.3, 0.4) is 0 Å². The fourth-order valence-electron chi connectivity index (χ4n) is 3.31. The van der Waals surface area contributed by atoms with E-state index in [-0.39, 0.29) is 5.97 Å². The lowest BCUT2D eigenvalue weighted by molar-refractivity contribution is 0.0346. The molecule has 3 aromatic rings. The minimum atomic E-state index is -0.269. The van der Waals surface area contributed by atoms with Crippen molar-refractivity contribution >= 4 is 22.8 Å². The third kappa shape index (κ3) is 3.40. The summed E-state index contributed by atoms with van der Waals surface area (Å²) in [5.74, 6) is -0.269. The van der Waals surface area contributed by atoms with Gasteiger partial charge in [0.1, 0.15) is 0 Å². The van der Waals surface area contributed by atoms with Crippen molar-refractivity contribution in [1.82, 2.24) is 9.30 Å².